The predicted octanol–water partition coefficient (Wildman–Crippen LogP) is -1.30. The molecule has 0 aromatic heterocycles. The minimum atomic E-state index is -5.34. The van der Waals surface area contributed by atoms with Gasteiger partial charge in [0.25, 0.3) is 0 Å². The molecule has 1 aromatic rings. The van der Waals surface area contributed by atoms with Crippen molar-refractivity contribution in [1.29, 1.82) is 0 Å². The van der Waals surface area contributed by atoms with Gasteiger partial charge in [-0.1, -0.05) is 17.6 Å². The van der Waals surface area contributed by atoms with E-state index in [2.05, 4.69) is 0 Å². The van der Waals surface area contributed by atoms with Crippen LogP contribution in [-0.2, 0) is 0 Å². The summed E-state index contributed by atoms with van der Waals surface area (Å²) in [6, 6.07) is 2.07. The van der Waals surface area contributed by atoms with E-state index in [1.54, 1.807) is 0 Å². The van der Waals surface area contributed by atoms with Crippen LogP contribution in [0.1, 0.15) is 10.4 Å². The maximum atomic E-state index is 12.7. The van der Waals surface area contributed by atoms with E-state index in [-0.39, 0.29) is 63.2 Å². The van der Waals surface area contributed by atoms with E-state index in [1.165, 1.54) is 0 Å². The Morgan fingerprint density at radius 3 is 2.14 bits per heavy atom. The predicted molar refractivity (Wildman–Crippen MR) is 40.5 cm³/mol. The smallest absolute Gasteiger partial charge is 0.445 e. The number of carbonyl (C=O) groups excluding carboxylic acids is 1. The average molecular weight is 230 g/mol. The molecule has 70 valence electrons. The van der Waals surface area contributed by atoms with Gasteiger partial charge in [-0.2, -0.15) is 0 Å². The largest absolute Gasteiger partial charge is 1.00 e. The third kappa shape index (κ3) is 3.47. The zero-order chi connectivity index (χ0) is 10.1. The van der Waals surface area contributed by atoms with Gasteiger partial charge in [-0.25, -0.2) is 4.39 Å². The molecule has 0 amide bonds. The van der Waals surface area contributed by atoms with E-state index >= 15 is 0 Å². The first-order valence-electron chi connectivity index (χ1n) is 3.39. The Labute approximate surface area is 120 Å². The second kappa shape index (κ2) is 5.41. The van der Waals surface area contributed by atoms with Gasteiger partial charge in [-0.3, -0.25) is 4.79 Å². The van der Waals surface area contributed by atoms with Crippen LogP contribution in [0.3, 0.4) is 0 Å². The molecular weight excluding hydrogens is 226 g/mol. The van der Waals surface area contributed by atoms with Crippen molar-refractivity contribution in [2.45, 2.75) is 0 Å². The summed E-state index contributed by atoms with van der Waals surface area (Å²) in [5.74, 6) is -1.41. The van der Waals surface area contributed by atoms with Gasteiger partial charge in [0.05, 0.1) is 5.82 Å². The quantitative estimate of drug-likeness (QED) is 0.350. The molecule has 0 atom stereocenters. The van der Waals surface area contributed by atoms with Crippen LogP contribution in [0, 0.1) is 5.82 Å². The summed E-state index contributed by atoms with van der Waals surface area (Å²) in [5, 5.41) is 0. The first-order valence-corrected chi connectivity index (χ1v) is 3.39. The molecule has 0 saturated carbocycles. The second-order valence-corrected chi connectivity index (χ2v) is 2.47. The first kappa shape index (κ1) is 14.3. The van der Waals surface area contributed by atoms with Crippen LogP contribution in [0.5, 0.6) is 0 Å². The summed E-state index contributed by atoms with van der Waals surface area (Å²) in [6.45, 7) is -5.34. The molecule has 0 fully saturated rings. The third-order valence-electron chi connectivity index (χ3n) is 1.51. The zero-order valence-electron chi connectivity index (χ0n) is 7.31. The Hall–Kier alpha value is 0.311. The van der Waals surface area contributed by atoms with Crippen molar-refractivity contribution >= 4 is 18.7 Å². The fraction of sp³-hybridized carbons (Fsp3) is 0. The summed E-state index contributed by atoms with van der Waals surface area (Å²) in [4.78, 5) is 10.1. The maximum absolute atomic E-state index is 12.7. The fourth-order valence-electron chi connectivity index (χ4n) is 0.882. The Morgan fingerprint density at radius 2 is 1.79 bits per heavy atom. The number of halogens is 4. The average Bonchev–Trinajstić information content (AvgIpc) is 2.01. The molecule has 0 heterocycles. The zero-order valence-corrected chi connectivity index (χ0v) is 10.4. The van der Waals surface area contributed by atoms with Crippen LogP contribution in [-0.4, -0.2) is 13.3 Å². The van der Waals surface area contributed by atoms with Crippen molar-refractivity contribution in [3.05, 3.63) is 29.6 Å². The van der Waals surface area contributed by atoms with E-state index in [0.29, 0.717) is 12.1 Å². The molecule has 1 nitrogen and oxygen atoms in total. The third-order valence-corrected chi connectivity index (χ3v) is 1.51. The molecule has 0 saturated heterocycles. The van der Waals surface area contributed by atoms with Gasteiger partial charge in [0.15, 0.2) is 0 Å². The second-order valence-electron chi connectivity index (χ2n) is 2.47. The molecule has 0 unspecified atom stereocenters. The van der Waals surface area contributed by atoms with E-state index in [0.717, 1.165) is 6.07 Å². The monoisotopic (exact) mass is 230 g/mol. The number of hydrogen-bond acceptors (Lipinski definition) is 1. The molecule has 7 heteroatoms. The van der Waals surface area contributed by atoms with E-state index in [9.17, 15) is 22.1 Å². The molecule has 0 aliphatic rings. The number of hydrogen-bond donors (Lipinski definition) is 0. The molecule has 0 radical (unpaired) electrons. The van der Waals surface area contributed by atoms with Gasteiger partial charge in [0, 0.05) is 5.56 Å². The summed E-state index contributed by atoms with van der Waals surface area (Å²) in [7, 11) is 0. The van der Waals surface area contributed by atoms with E-state index in [4.69, 9.17) is 0 Å². The Kier molecular flexibility index (Phi) is 5.53. The van der Waals surface area contributed by atoms with Gasteiger partial charge in [0.1, 0.15) is 6.29 Å². The number of rotatable bonds is 2. The minimum Gasteiger partial charge on any atom is -0.445 e. The van der Waals surface area contributed by atoms with E-state index < -0.39 is 18.3 Å². The summed E-state index contributed by atoms with van der Waals surface area (Å²) < 4.78 is 48.7. The van der Waals surface area contributed by atoms with Gasteiger partial charge < -0.3 is 12.9 Å². The van der Waals surface area contributed by atoms with Crippen molar-refractivity contribution in [3.8, 4) is 0 Å². The van der Waals surface area contributed by atoms with Crippen LogP contribution >= 0.6 is 0 Å². The minimum absolute atomic E-state index is 0. The van der Waals surface area contributed by atoms with Crippen LogP contribution in [0.15, 0.2) is 18.2 Å². The summed E-state index contributed by atoms with van der Waals surface area (Å²) in [5.41, 5.74) is -1.41. The summed E-state index contributed by atoms with van der Waals surface area (Å²) >= 11 is 0. The van der Waals surface area contributed by atoms with Crippen LogP contribution in [0.25, 0.3) is 0 Å². The topological polar surface area (TPSA) is 17.1 Å². The van der Waals surface area contributed by atoms with Crippen molar-refractivity contribution < 1.29 is 73.5 Å². The number of benzene rings is 1. The number of carbonyl (C=O) groups is 1. The molecule has 14 heavy (non-hydrogen) atoms. The van der Waals surface area contributed by atoms with Crippen molar-refractivity contribution in [2.75, 3.05) is 0 Å². The van der Waals surface area contributed by atoms with E-state index in [1.807, 2.05) is 0 Å². The molecule has 1 aromatic carbocycles. The maximum Gasteiger partial charge on any atom is 1.00 e. The SMILES string of the molecule is O=Cc1ccc([B-](F)(F)F)c(F)c1.[K+]. The molecule has 0 bridgehead atoms. The van der Waals surface area contributed by atoms with Crippen LogP contribution in [0.4, 0.5) is 17.3 Å². The van der Waals surface area contributed by atoms with Gasteiger partial charge in [-0.05, 0) is 6.07 Å². The first-order chi connectivity index (χ1) is 5.95. The molecule has 0 aliphatic heterocycles. The van der Waals surface area contributed by atoms with Crippen LogP contribution in [0.2, 0.25) is 0 Å². The van der Waals surface area contributed by atoms with Crippen molar-refractivity contribution in [3.63, 3.8) is 0 Å². The standard InChI is InChI=1S/C7H4BF4O.K/c9-7-3-5(4-13)1-2-6(7)8(10,11)12;/h1-4H;/q-1;+1. The Bertz CT molecular complexity index is 339. The van der Waals surface area contributed by atoms with Crippen LogP contribution < -0.4 is 56.8 Å². The van der Waals surface area contributed by atoms with Gasteiger partial charge in [-0.15, -0.1) is 0 Å². The molecule has 1 rings (SSSR count). The summed E-state index contributed by atoms with van der Waals surface area (Å²) in [6.07, 6.45) is 0.288. The molecule has 0 N–H and O–H groups in total. The number of aldehydes is 1. The Balaban J connectivity index is 0.00000169. The van der Waals surface area contributed by atoms with Crippen molar-refractivity contribution in [2.24, 2.45) is 0 Å². The fourth-order valence-corrected chi connectivity index (χ4v) is 0.882. The Morgan fingerprint density at radius 1 is 1.21 bits per heavy atom. The van der Waals surface area contributed by atoms with Crippen molar-refractivity contribution in [1.82, 2.24) is 0 Å². The molecular formula is C7H4BF4KO. The van der Waals surface area contributed by atoms with Gasteiger partial charge in [0.2, 0.25) is 0 Å². The molecule has 0 aliphatic carbocycles. The normalized spacial score (nSPS) is 10.6. The molecule has 0 spiro atoms. The van der Waals surface area contributed by atoms with Gasteiger partial charge >= 0.3 is 58.4 Å².